The van der Waals surface area contributed by atoms with E-state index in [4.69, 9.17) is 0 Å². The van der Waals surface area contributed by atoms with Crippen LogP contribution in [0, 0.1) is 0 Å². The summed E-state index contributed by atoms with van der Waals surface area (Å²) in [4.78, 5) is 3.90. The van der Waals surface area contributed by atoms with Crippen LogP contribution in [0.25, 0.3) is 11.4 Å². The predicted molar refractivity (Wildman–Crippen MR) is 79.5 cm³/mol. The standard InChI is InChI=1S/C15H10F3N3O2S/c16-15(17,18)12-8-6-11(7-9-12)14-19-10-21(20-14)24(22,23)13-4-2-1-3-5-13/h1-10H. The molecule has 0 bridgehead atoms. The topological polar surface area (TPSA) is 64.8 Å². The highest BCUT2D eigenvalue weighted by Crippen LogP contribution is 2.30. The summed E-state index contributed by atoms with van der Waals surface area (Å²) in [5.41, 5.74) is -0.521. The highest BCUT2D eigenvalue weighted by atomic mass is 32.2. The van der Waals surface area contributed by atoms with E-state index in [-0.39, 0.29) is 16.3 Å². The number of alkyl halides is 3. The first-order chi connectivity index (χ1) is 11.3. The van der Waals surface area contributed by atoms with Gasteiger partial charge in [0.05, 0.1) is 10.5 Å². The molecule has 24 heavy (non-hydrogen) atoms. The Morgan fingerprint density at radius 2 is 1.54 bits per heavy atom. The maximum atomic E-state index is 12.6. The molecule has 5 nitrogen and oxygen atoms in total. The molecule has 3 aromatic rings. The normalized spacial score (nSPS) is 12.3. The predicted octanol–water partition coefficient (Wildman–Crippen LogP) is 3.20. The highest BCUT2D eigenvalue weighted by Gasteiger charge is 2.30. The fourth-order valence-electron chi connectivity index (χ4n) is 2.01. The summed E-state index contributed by atoms with van der Waals surface area (Å²) < 4.78 is 63.1. The van der Waals surface area contributed by atoms with Gasteiger partial charge in [0.15, 0.2) is 5.82 Å². The molecule has 0 unspecified atom stereocenters. The second kappa shape index (κ2) is 5.75. The third kappa shape index (κ3) is 3.02. The first-order valence-corrected chi connectivity index (χ1v) is 8.12. The van der Waals surface area contributed by atoms with E-state index in [1.807, 2.05) is 0 Å². The molecule has 124 valence electrons. The van der Waals surface area contributed by atoms with Crippen molar-refractivity contribution < 1.29 is 21.6 Å². The fraction of sp³-hybridized carbons (Fsp3) is 0.0667. The lowest BCUT2D eigenvalue weighted by Crippen LogP contribution is -2.13. The van der Waals surface area contributed by atoms with Crippen LogP contribution in [-0.4, -0.2) is 22.6 Å². The van der Waals surface area contributed by atoms with Crippen molar-refractivity contribution in [3.05, 3.63) is 66.5 Å². The van der Waals surface area contributed by atoms with Crippen molar-refractivity contribution in [1.29, 1.82) is 0 Å². The van der Waals surface area contributed by atoms with Gasteiger partial charge in [0.1, 0.15) is 6.33 Å². The van der Waals surface area contributed by atoms with Gasteiger partial charge < -0.3 is 0 Å². The van der Waals surface area contributed by atoms with Crippen LogP contribution >= 0.6 is 0 Å². The largest absolute Gasteiger partial charge is 0.416 e. The third-order valence-corrected chi connectivity index (χ3v) is 4.77. The molecule has 0 fully saturated rings. The van der Waals surface area contributed by atoms with Crippen LogP contribution in [-0.2, 0) is 16.2 Å². The molecule has 0 spiro atoms. The SMILES string of the molecule is O=S(=O)(c1ccccc1)n1cnc(-c2ccc(C(F)(F)F)cc2)n1. The van der Waals surface area contributed by atoms with Gasteiger partial charge in [-0.15, -0.1) is 9.19 Å². The molecule has 9 heteroatoms. The Hall–Kier alpha value is -2.68. The maximum absolute atomic E-state index is 12.6. The van der Waals surface area contributed by atoms with E-state index in [0.29, 0.717) is 4.09 Å². The quantitative estimate of drug-likeness (QED) is 0.725. The average Bonchev–Trinajstić information content (AvgIpc) is 3.06. The monoisotopic (exact) mass is 353 g/mol. The Bertz CT molecular complexity index is 950. The smallest absolute Gasteiger partial charge is 0.214 e. The van der Waals surface area contributed by atoms with Crippen LogP contribution in [0.2, 0.25) is 0 Å². The molecule has 0 aliphatic rings. The van der Waals surface area contributed by atoms with Gasteiger partial charge in [-0.3, -0.25) is 0 Å². The van der Waals surface area contributed by atoms with Gasteiger partial charge >= 0.3 is 6.18 Å². The van der Waals surface area contributed by atoms with Crippen molar-refractivity contribution >= 4 is 10.0 Å². The Morgan fingerprint density at radius 3 is 2.12 bits per heavy atom. The van der Waals surface area contributed by atoms with E-state index < -0.39 is 21.8 Å². The molecule has 3 rings (SSSR count). The summed E-state index contributed by atoms with van der Waals surface area (Å²) >= 11 is 0. The van der Waals surface area contributed by atoms with Crippen molar-refractivity contribution in [3.63, 3.8) is 0 Å². The number of halogens is 3. The van der Waals surface area contributed by atoms with E-state index in [0.717, 1.165) is 18.5 Å². The fourth-order valence-corrected chi connectivity index (χ4v) is 3.08. The van der Waals surface area contributed by atoms with Gasteiger partial charge in [-0.25, -0.2) is 4.98 Å². The van der Waals surface area contributed by atoms with Gasteiger partial charge in [0, 0.05) is 5.56 Å². The summed E-state index contributed by atoms with van der Waals surface area (Å²) in [7, 11) is -3.89. The summed E-state index contributed by atoms with van der Waals surface area (Å²) in [6.07, 6.45) is -3.43. The minimum absolute atomic E-state index is 0.0169. The van der Waals surface area contributed by atoms with Crippen molar-refractivity contribution in [2.75, 3.05) is 0 Å². The number of benzene rings is 2. The molecular formula is C15H10F3N3O2S. The number of hydrogen-bond donors (Lipinski definition) is 0. The van der Waals surface area contributed by atoms with Crippen LogP contribution in [0.4, 0.5) is 13.2 Å². The number of aromatic nitrogens is 3. The summed E-state index contributed by atoms with van der Waals surface area (Å²) in [6, 6.07) is 11.8. The first-order valence-electron chi connectivity index (χ1n) is 6.68. The third-order valence-electron chi connectivity index (χ3n) is 3.23. The second-order valence-corrected chi connectivity index (χ2v) is 6.63. The minimum Gasteiger partial charge on any atom is -0.214 e. The number of hydrogen-bond acceptors (Lipinski definition) is 4. The van der Waals surface area contributed by atoms with Gasteiger partial charge in [0.2, 0.25) is 0 Å². The Balaban J connectivity index is 1.94. The van der Waals surface area contributed by atoms with Crippen molar-refractivity contribution in [1.82, 2.24) is 14.2 Å². The summed E-state index contributed by atoms with van der Waals surface area (Å²) in [5, 5.41) is 3.86. The average molecular weight is 353 g/mol. The Morgan fingerprint density at radius 1 is 0.917 bits per heavy atom. The van der Waals surface area contributed by atoms with E-state index in [9.17, 15) is 21.6 Å². The first kappa shape index (κ1) is 16.2. The maximum Gasteiger partial charge on any atom is 0.416 e. The van der Waals surface area contributed by atoms with Crippen molar-refractivity contribution in [2.45, 2.75) is 11.1 Å². The lowest BCUT2D eigenvalue weighted by atomic mass is 10.1. The van der Waals surface area contributed by atoms with Gasteiger partial charge in [0.25, 0.3) is 10.0 Å². The summed E-state index contributed by atoms with van der Waals surface area (Å²) in [5.74, 6) is 0.0169. The lowest BCUT2D eigenvalue weighted by Gasteiger charge is -2.06. The summed E-state index contributed by atoms with van der Waals surface area (Å²) in [6.45, 7) is 0. The molecule has 0 saturated carbocycles. The van der Waals surface area contributed by atoms with Crippen LogP contribution in [0.3, 0.4) is 0 Å². The zero-order valence-corrected chi connectivity index (χ0v) is 12.8. The lowest BCUT2D eigenvalue weighted by molar-refractivity contribution is -0.137. The second-order valence-electron chi connectivity index (χ2n) is 4.83. The number of rotatable bonds is 3. The molecule has 0 amide bonds. The van der Waals surface area contributed by atoms with Crippen LogP contribution < -0.4 is 0 Å². The molecule has 0 atom stereocenters. The van der Waals surface area contributed by atoms with E-state index >= 15 is 0 Å². The van der Waals surface area contributed by atoms with E-state index in [2.05, 4.69) is 10.1 Å². The zero-order valence-electron chi connectivity index (χ0n) is 12.0. The molecule has 0 saturated heterocycles. The molecular weight excluding hydrogens is 343 g/mol. The zero-order chi connectivity index (χ0) is 17.4. The van der Waals surface area contributed by atoms with Gasteiger partial charge in [-0.2, -0.15) is 21.6 Å². The molecule has 1 aromatic heterocycles. The van der Waals surface area contributed by atoms with Crippen molar-refractivity contribution in [2.24, 2.45) is 0 Å². The van der Waals surface area contributed by atoms with Crippen LogP contribution in [0.1, 0.15) is 5.56 Å². The Kier molecular flexibility index (Phi) is 3.88. The van der Waals surface area contributed by atoms with Crippen LogP contribution in [0.15, 0.2) is 65.8 Å². The van der Waals surface area contributed by atoms with E-state index in [1.54, 1.807) is 18.2 Å². The molecule has 0 aliphatic heterocycles. The minimum atomic E-state index is -4.44. The highest BCUT2D eigenvalue weighted by molar-refractivity contribution is 7.89. The molecule has 1 heterocycles. The number of nitrogens with zero attached hydrogens (tertiary/aromatic N) is 3. The Labute approximate surface area is 135 Å². The molecule has 0 aliphatic carbocycles. The molecule has 2 aromatic carbocycles. The van der Waals surface area contributed by atoms with Crippen molar-refractivity contribution in [3.8, 4) is 11.4 Å². The molecule has 0 N–H and O–H groups in total. The van der Waals surface area contributed by atoms with Gasteiger partial charge in [-0.1, -0.05) is 30.3 Å². The van der Waals surface area contributed by atoms with E-state index in [1.165, 1.54) is 24.3 Å². The molecule has 0 radical (unpaired) electrons. The van der Waals surface area contributed by atoms with Crippen LogP contribution in [0.5, 0.6) is 0 Å². The van der Waals surface area contributed by atoms with Gasteiger partial charge in [-0.05, 0) is 24.3 Å².